The second-order valence-electron chi connectivity index (χ2n) is 4.78. The van der Waals surface area contributed by atoms with Crippen molar-refractivity contribution in [2.24, 2.45) is 0 Å². The van der Waals surface area contributed by atoms with Crippen molar-refractivity contribution in [3.8, 4) is 0 Å². The number of rotatable bonds is 6. The fraction of sp³-hybridized carbons (Fsp3) is 0.353. The summed E-state index contributed by atoms with van der Waals surface area (Å²) in [7, 11) is 0. The van der Waals surface area contributed by atoms with Crippen molar-refractivity contribution in [2.45, 2.75) is 37.4 Å². The SMILES string of the molecule is CCc1ccc(CCCC(Br)c2ccccc2)nc1. The monoisotopic (exact) mass is 317 g/mol. The molecule has 0 aliphatic carbocycles. The number of hydrogen-bond donors (Lipinski definition) is 0. The molecule has 0 aliphatic rings. The van der Waals surface area contributed by atoms with Crippen LogP contribution < -0.4 is 0 Å². The van der Waals surface area contributed by atoms with E-state index in [4.69, 9.17) is 0 Å². The van der Waals surface area contributed by atoms with Gasteiger partial charge in [-0.25, -0.2) is 0 Å². The smallest absolute Gasteiger partial charge is 0.0403 e. The molecule has 0 aliphatic heterocycles. The summed E-state index contributed by atoms with van der Waals surface area (Å²) in [6.07, 6.45) is 6.41. The van der Waals surface area contributed by atoms with E-state index in [0.717, 1.165) is 25.7 Å². The lowest BCUT2D eigenvalue weighted by atomic mass is 10.1. The number of benzene rings is 1. The maximum absolute atomic E-state index is 4.50. The van der Waals surface area contributed by atoms with Gasteiger partial charge >= 0.3 is 0 Å². The van der Waals surface area contributed by atoms with E-state index < -0.39 is 0 Å². The predicted molar refractivity (Wildman–Crippen MR) is 84.7 cm³/mol. The molecule has 1 unspecified atom stereocenters. The van der Waals surface area contributed by atoms with Crippen LogP contribution in [0.15, 0.2) is 48.7 Å². The Morgan fingerprint density at radius 2 is 1.89 bits per heavy atom. The highest BCUT2D eigenvalue weighted by Crippen LogP contribution is 2.27. The van der Waals surface area contributed by atoms with Crippen molar-refractivity contribution >= 4 is 15.9 Å². The molecular weight excluding hydrogens is 298 g/mol. The first-order chi connectivity index (χ1) is 9.29. The lowest BCUT2D eigenvalue weighted by Gasteiger charge is -2.09. The number of nitrogens with zero attached hydrogens (tertiary/aromatic N) is 1. The molecule has 2 aromatic rings. The molecule has 1 aromatic heterocycles. The number of halogens is 1. The fourth-order valence-corrected chi connectivity index (χ4v) is 2.73. The second-order valence-corrected chi connectivity index (χ2v) is 5.89. The summed E-state index contributed by atoms with van der Waals surface area (Å²) in [6.45, 7) is 2.16. The Labute approximate surface area is 124 Å². The standard InChI is InChI=1S/C17H20BrN/c1-2-14-11-12-16(19-13-14)9-6-10-17(18)15-7-4-3-5-8-15/h3-5,7-8,11-13,17H,2,6,9-10H2,1H3. The van der Waals surface area contributed by atoms with Crippen LogP contribution in [0.2, 0.25) is 0 Å². The van der Waals surface area contributed by atoms with Crippen molar-refractivity contribution in [1.82, 2.24) is 4.98 Å². The van der Waals surface area contributed by atoms with Gasteiger partial charge in [0.25, 0.3) is 0 Å². The largest absolute Gasteiger partial charge is 0.261 e. The van der Waals surface area contributed by atoms with Gasteiger partial charge in [-0.3, -0.25) is 4.98 Å². The Hall–Kier alpha value is -1.15. The van der Waals surface area contributed by atoms with Crippen LogP contribution in [-0.2, 0) is 12.8 Å². The number of pyridine rings is 1. The summed E-state index contributed by atoms with van der Waals surface area (Å²) in [5.41, 5.74) is 3.87. The first-order valence-electron chi connectivity index (χ1n) is 6.92. The summed E-state index contributed by atoms with van der Waals surface area (Å²) < 4.78 is 0. The topological polar surface area (TPSA) is 12.9 Å². The molecule has 0 saturated carbocycles. The Bertz CT molecular complexity index is 478. The first kappa shape index (κ1) is 14.3. The summed E-state index contributed by atoms with van der Waals surface area (Å²) in [4.78, 5) is 4.95. The van der Waals surface area contributed by atoms with E-state index in [2.05, 4.69) is 70.3 Å². The maximum Gasteiger partial charge on any atom is 0.0403 e. The van der Waals surface area contributed by atoms with E-state index in [1.807, 2.05) is 6.20 Å². The van der Waals surface area contributed by atoms with Crippen molar-refractivity contribution in [3.05, 3.63) is 65.5 Å². The van der Waals surface area contributed by atoms with Gasteiger partial charge in [-0.15, -0.1) is 0 Å². The van der Waals surface area contributed by atoms with Crippen molar-refractivity contribution in [2.75, 3.05) is 0 Å². The van der Waals surface area contributed by atoms with Crippen LogP contribution in [0, 0.1) is 0 Å². The van der Waals surface area contributed by atoms with Crippen LogP contribution in [0.3, 0.4) is 0 Å². The second kappa shape index (κ2) is 7.44. The molecule has 0 fully saturated rings. The maximum atomic E-state index is 4.50. The van der Waals surface area contributed by atoms with Gasteiger partial charge in [-0.1, -0.05) is 59.3 Å². The third-order valence-corrected chi connectivity index (χ3v) is 4.33. The summed E-state index contributed by atoms with van der Waals surface area (Å²) in [5.74, 6) is 0. The zero-order valence-electron chi connectivity index (χ0n) is 11.3. The molecule has 0 radical (unpaired) electrons. The average molecular weight is 318 g/mol. The molecule has 1 atom stereocenters. The van der Waals surface area contributed by atoms with E-state index in [9.17, 15) is 0 Å². The Morgan fingerprint density at radius 3 is 2.53 bits per heavy atom. The van der Waals surface area contributed by atoms with Gasteiger partial charge in [-0.2, -0.15) is 0 Å². The molecule has 0 bridgehead atoms. The van der Waals surface area contributed by atoms with Crippen molar-refractivity contribution < 1.29 is 0 Å². The minimum atomic E-state index is 0.448. The molecular formula is C17H20BrN. The Balaban J connectivity index is 1.79. The highest BCUT2D eigenvalue weighted by molar-refractivity contribution is 9.09. The average Bonchev–Trinajstić information content (AvgIpc) is 2.49. The zero-order valence-corrected chi connectivity index (χ0v) is 12.9. The summed E-state index contributed by atoms with van der Waals surface area (Å²) in [5, 5.41) is 0. The highest BCUT2D eigenvalue weighted by Gasteiger charge is 2.06. The number of aryl methyl sites for hydroxylation is 2. The molecule has 19 heavy (non-hydrogen) atoms. The molecule has 0 saturated heterocycles. The van der Waals surface area contributed by atoms with Gasteiger partial charge in [0, 0.05) is 16.7 Å². The Kier molecular flexibility index (Phi) is 5.59. The summed E-state index contributed by atoms with van der Waals surface area (Å²) >= 11 is 3.76. The molecule has 1 heterocycles. The van der Waals surface area contributed by atoms with Crippen LogP contribution in [0.4, 0.5) is 0 Å². The van der Waals surface area contributed by atoms with Crippen molar-refractivity contribution in [3.63, 3.8) is 0 Å². The van der Waals surface area contributed by atoms with Gasteiger partial charge < -0.3 is 0 Å². The van der Waals surface area contributed by atoms with E-state index in [1.54, 1.807) is 0 Å². The molecule has 1 nitrogen and oxygen atoms in total. The predicted octanol–water partition coefficient (Wildman–Crippen LogP) is 5.10. The van der Waals surface area contributed by atoms with Gasteiger partial charge in [0.2, 0.25) is 0 Å². The normalized spacial score (nSPS) is 12.3. The lowest BCUT2D eigenvalue weighted by molar-refractivity contribution is 0.718. The molecule has 2 rings (SSSR count). The van der Waals surface area contributed by atoms with E-state index in [1.165, 1.54) is 16.8 Å². The molecule has 0 spiro atoms. The van der Waals surface area contributed by atoms with Crippen LogP contribution in [-0.4, -0.2) is 4.98 Å². The van der Waals surface area contributed by atoms with Gasteiger partial charge in [0.1, 0.15) is 0 Å². The van der Waals surface area contributed by atoms with Crippen LogP contribution in [0.1, 0.15) is 41.4 Å². The number of alkyl halides is 1. The molecule has 1 aromatic carbocycles. The third kappa shape index (κ3) is 4.46. The van der Waals surface area contributed by atoms with Crippen LogP contribution in [0.25, 0.3) is 0 Å². The Morgan fingerprint density at radius 1 is 1.11 bits per heavy atom. The quantitative estimate of drug-likeness (QED) is 0.675. The van der Waals surface area contributed by atoms with Crippen molar-refractivity contribution in [1.29, 1.82) is 0 Å². The van der Waals surface area contributed by atoms with E-state index >= 15 is 0 Å². The van der Waals surface area contributed by atoms with Crippen LogP contribution >= 0.6 is 15.9 Å². The third-order valence-electron chi connectivity index (χ3n) is 3.35. The molecule has 100 valence electrons. The fourth-order valence-electron chi connectivity index (χ4n) is 2.10. The number of aromatic nitrogens is 1. The van der Waals surface area contributed by atoms with E-state index in [-0.39, 0.29) is 0 Å². The van der Waals surface area contributed by atoms with Gasteiger partial charge in [0.15, 0.2) is 0 Å². The molecule has 0 amide bonds. The summed E-state index contributed by atoms with van der Waals surface area (Å²) in [6, 6.07) is 14.9. The zero-order chi connectivity index (χ0) is 13.5. The van der Waals surface area contributed by atoms with Gasteiger partial charge in [-0.05, 0) is 42.9 Å². The number of hydrogen-bond acceptors (Lipinski definition) is 1. The minimum Gasteiger partial charge on any atom is -0.261 e. The van der Waals surface area contributed by atoms with Gasteiger partial charge in [0.05, 0.1) is 0 Å². The lowest BCUT2D eigenvalue weighted by Crippen LogP contribution is -1.95. The van der Waals surface area contributed by atoms with Crippen LogP contribution in [0.5, 0.6) is 0 Å². The highest BCUT2D eigenvalue weighted by atomic mass is 79.9. The van der Waals surface area contributed by atoms with E-state index in [0.29, 0.717) is 4.83 Å². The first-order valence-corrected chi connectivity index (χ1v) is 7.84. The minimum absolute atomic E-state index is 0.448. The molecule has 0 N–H and O–H groups in total. The molecule has 2 heteroatoms.